The first kappa shape index (κ1) is 40.9. The van der Waals surface area contributed by atoms with Crippen LogP contribution >= 0.6 is 11.6 Å². The molecule has 1 unspecified atom stereocenters. The van der Waals surface area contributed by atoms with Gasteiger partial charge in [0.15, 0.2) is 18.2 Å². The number of rotatable bonds is 12. The number of halogens is 1. The van der Waals surface area contributed by atoms with Crippen molar-refractivity contribution >= 4 is 68.7 Å². The zero-order chi connectivity index (χ0) is 42.5. The van der Waals surface area contributed by atoms with E-state index in [1.54, 1.807) is 23.1 Å². The van der Waals surface area contributed by atoms with Crippen molar-refractivity contribution in [3.8, 4) is 11.5 Å². The van der Waals surface area contributed by atoms with E-state index in [-0.39, 0.29) is 59.4 Å². The predicted octanol–water partition coefficient (Wildman–Crippen LogP) is 5.13. The third kappa shape index (κ3) is 7.59. The lowest BCUT2D eigenvalue weighted by molar-refractivity contribution is -0.242. The number of amides is 3. The number of pyridine rings is 2. The summed E-state index contributed by atoms with van der Waals surface area (Å²) in [6, 6.07) is 8.99. The topological polar surface area (TPSA) is 197 Å². The van der Waals surface area contributed by atoms with Crippen LogP contribution in [0.2, 0.25) is 5.02 Å². The number of aryl methyl sites for hydroxylation is 1. The van der Waals surface area contributed by atoms with E-state index < -0.39 is 11.7 Å². The first-order valence-corrected chi connectivity index (χ1v) is 20.7. The van der Waals surface area contributed by atoms with Gasteiger partial charge in [-0.15, -0.1) is 0 Å². The van der Waals surface area contributed by atoms with E-state index in [1.807, 2.05) is 52.1 Å². The Kier molecular flexibility index (Phi) is 10.9. The van der Waals surface area contributed by atoms with Gasteiger partial charge in [0.05, 0.1) is 35.2 Å². The van der Waals surface area contributed by atoms with Gasteiger partial charge < -0.3 is 29.7 Å². The van der Waals surface area contributed by atoms with Gasteiger partial charge in [0.25, 0.3) is 11.5 Å². The van der Waals surface area contributed by atoms with Crippen LogP contribution in [0.15, 0.2) is 47.5 Å². The number of carbonyl (C=O) groups is 3. The molecule has 18 heteroatoms. The molecule has 4 aromatic heterocycles. The Hall–Kier alpha value is -5.81. The molecule has 2 aliphatic heterocycles. The van der Waals surface area contributed by atoms with Crippen molar-refractivity contribution in [2.24, 2.45) is 18.4 Å². The number of benzene rings is 1. The lowest BCUT2D eigenvalue weighted by Crippen LogP contribution is -2.63. The molecule has 3 amide bonds. The first-order chi connectivity index (χ1) is 28.7. The number of nitrogens with zero attached hydrogens (tertiary/aromatic N) is 7. The second kappa shape index (κ2) is 16.0. The van der Waals surface area contributed by atoms with E-state index in [0.29, 0.717) is 64.4 Å². The third-order valence-corrected chi connectivity index (χ3v) is 12.2. The second-order valence-corrected chi connectivity index (χ2v) is 16.8. The van der Waals surface area contributed by atoms with Gasteiger partial charge in [-0.1, -0.05) is 18.5 Å². The molecule has 1 aliphatic carbocycles. The Bertz CT molecular complexity index is 2570. The highest BCUT2D eigenvalue weighted by molar-refractivity contribution is 6.33. The van der Waals surface area contributed by atoms with Crippen LogP contribution in [0.5, 0.6) is 11.5 Å². The van der Waals surface area contributed by atoms with Gasteiger partial charge in [-0.25, -0.2) is 9.97 Å². The Morgan fingerprint density at radius 3 is 2.62 bits per heavy atom. The maximum absolute atomic E-state index is 13.2. The number of fused-ring (bicyclic) bond motifs is 2. The lowest BCUT2D eigenvalue weighted by Gasteiger charge is -2.57. The molecule has 1 aromatic carbocycles. The summed E-state index contributed by atoms with van der Waals surface area (Å²) in [4.78, 5) is 65.7. The molecule has 316 valence electrons. The maximum atomic E-state index is 13.2. The number of nitrogens with one attached hydrogen (secondary N) is 3. The summed E-state index contributed by atoms with van der Waals surface area (Å²) in [5.74, 6) is -0.528. The fourth-order valence-corrected chi connectivity index (χ4v) is 9.10. The minimum absolute atomic E-state index is 0.0227. The molecule has 1 saturated carbocycles. The quantitative estimate of drug-likeness (QED) is 0.111. The Labute approximate surface area is 351 Å². The molecular formula is C42H49ClN10O7. The van der Waals surface area contributed by atoms with Gasteiger partial charge in [0, 0.05) is 80.8 Å². The fourth-order valence-electron chi connectivity index (χ4n) is 8.97. The van der Waals surface area contributed by atoms with Crippen LogP contribution in [0.4, 0.5) is 17.5 Å². The first-order valence-electron chi connectivity index (χ1n) is 20.3. The van der Waals surface area contributed by atoms with Crippen LogP contribution in [0, 0.1) is 11.3 Å². The summed E-state index contributed by atoms with van der Waals surface area (Å²) in [7, 11) is 3.34. The number of hydrogen-bond donors (Lipinski definition) is 3. The van der Waals surface area contributed by atoms with Crippen LogP contribution in [-0.2, 0) is 26.2 Å². The molecule has 2 saturated heterocycles. The molecule has 3 aliphatic rings. The number of ether oxygens (including phenoxy) is 3. The van der Waals surface area contributed by atoms with Crippen molar-refractivity contribution in [2.75, 3.05) is 43.6 Å². The normalized spacial score (nSPS) is 21.3. The van der Waals surface area contributed by atoms with Crippen molar-refractivity contribution in [1.82, 2.24) is 39.9 Å². The van der Waals surface area contributed by atoms with Crippen LogP contribution < -0.4 is 35.9 Å². The zero-order valence-electron chi connectivity index (χ0n) is 34.5. The molecule has 3 fully saturated rings. The highest BCUT2D eigenvalue weighted by Crippen LogP contribution is 2.52. The molecule has 60 heavy (non-hydrogen) atoms. The van der Waals surface area contributed by atoms with E-state index in [0.717, 1.165) is 36.8 Å². The summed E-state index contributed by atoms with van der Waals surface area (Å²) in [6.07, 6.45) is 6.34. The SMILES string of the molecule is CCO[C@@]1(Oc2ccc3c(C4CCC(=O)NC4=O)nn(C)c3c2)CCC2(C[C@H]1C)CN(c1ncc(Cl)c(Nc3cnc4c(c3)cc(OCC(=O)NC)c(=O)n4C(C)C)n1)C2. The molecule has 1 spiro atoms. The molecular weight excluding hydrogens is 792 g/mol. The average molecular weight is 841 g/mol. The molecule has 5 aromatic rings. The van der Waals surface area contributed by atoms with Gasteiger partial charge in [-0.05, 0) is 64.3 Å². The summed E-state index contributed by atoms with van der Waals surface area (Å²) < 4.78 is 22.1. The van der Waals surface area contributed by atoms with Crippen LogP contribution in [-0.4, -0.2) is 86.2 Å². The number of hydrogen-bond acceptors (Lipinski definition) is 13. The number of aromatic nitrogens is 6. The predicted molar refractivity (Wildman–Crippen MR) is 225 cm³/mol. The largest absolute Gasteiger partial charge is 0.478 e. The van der Waals surface area contributed by atoms with Gasteiger partial charge in [0.2, 0.25) is 23.5 Å². The molecule has 0 bridgehead atoms. The fraction of sp³-hybridized carbons (Fsp3) is 0.476. The minimum atomic E-state index is -0.832. The number of piperidine rings is 1. The van der Waals surface area contributed by atoms with Crippen molar-refractivity contribution < 1.29 is 28.6 Å². The summed E-state index contributed by atoms with van der Waals surface area (Å²) >= 11 is 6.62. The van der Waals surface area contributed by atoms with Crippen molar-refractivity contribution in [3.05, 3.63) is 63.8 Å². The van der Waals surface area contributed by atoms with Gasteiger partial charge in [-0.3, -0.25) is 33.7 Å². The van der Waals surface area contributed by atoms with Crippen molar-refractivity contribution in [3.63, 3.8) is 0 Å². The second-order valence-electron chi connectivity index (χ2n) is 16.4. The molecule has 0 radical (unpaired) electrons. The Morgan fingerprint density at radius 2 is 1.90 bits per heavy atom. The molecule has 6 heterocycles. The minimum Gasteiger partial charge on any atom is -0.478 e. The van der Waals surface area contributed by atoms with Gasteiger partial charge in [-0.2, -0.15) is 10.1 Å². The molecule has 3 atom stereocenters. The Balaban J connectivity index is 0.956. The molecule has 17 nitrogen and oxygen atoms in total. The summed E-state index contributed by atoms with van der Waals surface area (Å²) in [5, 5.41) is 14.7. The smallest absolute Gasteiger partial charge is 0.294 e. The van der Waals surface area contributed by atoms with Crippen LogP contribution in [0.3, 0.4) is 0 Å². The lowest BCUT2D eigenvalue weighted by atomic mass is 9.63. The van der Waals surface area contributed by atoms with E-state index in [2.05, 4.69) is 42.8 Å². The van der Waals surface area contributed by atoms with Crippen molar-refractivity contribution in [1.29, 1.82) is 0 Å². The average Bonchev–Trinajstić information content (AvgIpc) is 3.52. The van der Waals surface area contributed by atoms with Gasteiger partial charge in [0.1, 0.15) is 16.4 Å². The monoisotopic (exact) mass is 840 g/mol. The molecule has 3 N–H and O–H groups in total. The van der Waals surface area contributed by atoms with Crippen molar-refractivity contribution in [2.45, 2.75) is 77.5 Å². The highest BCUT2D eigenvalue weighted by atomic mass is 35.5. The van der Waals surface area contributed by atoms with E-state index in [1.165, 1.54) is 11.6 Å². The van der Waals surface area contributed by atoms with E-state index in [4.69, 9.17) is 30.8 Å². The van der Waals surface area contributed by atoms with E-state index in [9.17, 15) is 19.2 Å². The number of carbonyl (C=O) groups excluding carboxylic acids is 3. The highest BCUT2D eigenvalue weighted by Gasteiger charge is 2.55. The summed E-state index contributed by atoms with van der Waals surface area (Å²) in [5.41, 5.74) is 2.20. The third-order valence-electron chi connectivity index (χ3n) is 11.9. The van der Waals surface area contributed by atoms with Crippen LogP contribution in [0.25, 0.3) is 21.9 Å². The molecule has 8 rings (SSSR count). The maximum Gasteiger partial charge on any atom is 0.294 e. The Morgan fingerprint density at radius 1 is 1.10 bits per heavy atom. The summed E-state index contributed by atoms with van der Waals surface area (Å²) in [6.45, 7) is 9.63. The standard InChI is InChI=1S/C42H49ClN10O7/c1-7-59-42(60-27-8-9-28-31(16-27)51(6)50-35(28)29-10-11-33(54)48-38(29)56)13-12-41(17-24(42)4)21-52(22-41)40-46-19-30(43)36(49-40)47-26-14-25-15-32(58-20-34(55)44-5)39(57)53(23(2)3)37(25)45-18-26/h8-9,14-16,18-19,23-24,29H,7,10-13,17,20-22H2,1-6H3,(H,44,55)(H,46,47,49)(H,48,54,56)/t24-,29?,42-/m1/s1. The van der Waals surface area contributed by atoms with Gasteiger partial charge >= 0.3 is 0 Å². The zero-order valence-corrected chi connectivity index (χ0v) is 35.3. The number of anilines is 3. The number of likely N-dealkylation sites (N-methyl/N-ethyl adjacent to an activating group) is 1. The number of imide groups is 1. The van der Waals surface area contributed by atoms with Crippen LogP contribution in [0.1, 0.15) is 77.5 Å². The van der Waals surface area contributed by atoms with E-state index >= 15 is 0 Å².